The molecule has 1 atom stereocenters. The molecule has 0 saturated carbocycles. The highest BCUT2D eigenvalue weighted by Gasteiger charge is 2.40. The molecule has 1 aliphatic heterocycles. The van der Waals surface area contributed by atoms with Gasteiger partial charge in [0, 0.05) is 17.5 Å². The molecule has 214 valence electrons. The van der Waals surface area contributed by atoms with Crippen LogP contribution in [0, 0.1) is 0 Å². The zero-order valence-electron chi connectivity index (χ0n) is 24.2. The van der Waals surface area contributed by atoms with Crippen LogP contribution in [0.2, 0.25) is 0 Å². The zero-order valence-corrected chi connectivity index (χ0v) is 25.1. The first-order valence-corrected chi connectivity index (χ1v) is 14.4. The SMILES string of the molecule is CCCNC(=O)CN1C(=O)CS[C@H](c2ccc(OC)c(OC)c2)c2c(C(C)(C)C)nn(-c3ccc(OC)cc3)c21. The Labute approximate surface area is 240 Å². The van der Waals surface area contributed by atoms with E-state index in [1.807, 2.05) is 49.4 Å². The van der Waals surface area contributed by atoms with Gasteiger partial charge in [-0.1, -0.05) is 33.8 Å². The molecule has 0 bridgehead atoms. The lowest BCUT2D eigenvalue weighted by atomic mass is 9.87. The Balaban J connectivity index is 1.99. The third-order valence-corrected chi connectivity index (χ3v) is 7.96. The second-order valence-electron chi connectivity index (χ2n) is 10.6. The van der Waals surface area contributed by atoms with Gasteiger partial charge in [-0.3, -0.25) is 14.5 Å². The molecule has 0 fully saturated rings. The largest absolute Gasteiger partial charge is 0.497 e. The van der Waals surface area contributed by atoms with Crippen molar-refractivity contribution in [2.75, 3.05) is 45.1 Å². The van der Waals surface area contributed by atoms with Crippen molar-refractivity contribution < 1.29 is 23.8 Å². The van der Waals surface area contributed by atoms with Crippen LogP contribution in [0.1, 0.15) is 56.2 Å². The van der Waals surface area contributed by atoms with E-state index in [4.69, 9.17) is 19.3 Å². The van der Waals surface area contributed by atoms with Gasteiger partial charge >= 0.3 is 0 Å². The van der Waals surface area contributed by atoms with Crippen molar-refractivity contribution in [1.29, 1.82) is 0 Å². The fourth-order valence-electron chi connectivity index (χ4n) is 4.72. The van der Waals surface area contributed by atoms with E-state index in [0.717, 1.165) is 28.9 Å². The minimum absolute atomic E-state index is 0.101. The lowest BCUT2D eigenvalue weighted by Gasteiger charge is -2.25. The summed E-state index contributed by atoms with van der Waals surface area (Å²) >= 11 is 1.52. The number of nitrogens with zero attached hydrogens (tertiary/aromatic N) is 3. The molecule has 1 N–H and O–H groups in total. The lowest BCUT2D eigenvalue weighted by Crippen LogP contribution is -2.42. The number of ether oxygens (including phenoxy) is 3. The van der Waals surface area contributed by atoms with E-state index in [1.165, 1.54) is 11.8 Å². The van der Waals surface area contributed by atoms with Gasteiger partial charge in [0.05, 0.1) is 43.7 Å². The number of thioether (sulfide) groups is 1. The summed E-state index contributed by atoms with van der Waals surface area (Å²) in [6.45, 7) is 8.76. The van der Waals surface area contributed by atoms with E-state index in [0.29, 0.717) is 29.6 Å². The summed E-state index contributed by atoms with van der Waals surface area (Å²) in [5.41, 5.74) is 3.10. The molecule has 10 heteroatoms. The van der Waals surface area contributed by atoms with Gasteiger partial charge in [0.25, 0.3) is 0 Å². The summed E-state index contributed by atoms with van der Waals surface area (Å²) in [6, 6.07) is 13.3. The van der Waals surface area contributed by atoms with Crippen LogP contribution < -0.4 is 24.4 Å². The molecule has 0 aliphatic carbocycles. The predicted octanol–water partition coefficient (Wildman–Crippen LogP) is 4.89. The number of nitrogens with one attached hydrogen (secondary N) is 1. The second-order valence-corrected chi connectivity index (χ2v) is 11.7. The number of rotatable bonds is 9. The van der Waals surface area contributed by atoms with Crippen LogP contribution in [-0.4, -0.2) is 61.8 Å². The van der Waals surface area contributed by atoms with Gasteiger partial charge in [-0.2, -0.15) is 5.10 Å². The molecule has 0 radical (unpaired) electrons. The highest BCUT2D eigenvalue weighted by Crippen LogP contribution is 2.49. The van der Waals surface area contributed by atoms with Crippen molar-refractivity contribution in [3.05, 3.63) is 59.3 Å². The molecular formula is C30H38N4O5S. The van der Waals surface area contributed by atoms with Gasteiger partial charge in [-0.15, -0.1) is 11.8 Å². The third kappa shape index (κ3) is 5.91. The number of carbonyl (C=O) groups is 2. The van der Waals surface area contributed by atoms with Gasteiger partial charge in [0.2, 0.25) is 11.8 Å². The summed E-state index contributed by atoms with van der Waals surface area (Å²) < 4.78 is 18.3. The van der Waals surface area contributed by atoms with Crippen LogP contribution in [0.4, 0.5) is 5.82 Å². The predicted molar refractivity (Wildman–Crippen MR) is 158 cm³/mol. The number of benzene rings is 2. The summed E-state index contributed by atoms with van der Waals surface area (Å²) in [7, 11) is 4.83. The van der Waals surface area contributed by atoms with E-state index in [-0.39, 0.29) is 34.8 Å². The maximum absolute atomic E-state index is 13.7. The smallest absolute Gasteiger partial charge is 0.240 e. The molecule has 4 rings (SSSR count). The zero-order chi connectivity index (χ0) is 29.0. The minimum Gasteiger partial charge on any atom is -0.497 e. The minimum atomic E-state index is -0.360. The quantitative estimate of drug-likeness (QED) is 0.394. The van der Waals surface area contributed by atoms with Crippen molar-refractivity contribution in [2.45, 2.75) is 44.8 Å². The Morgan fingerprint density at radius 1 is 1.05 bits per heavy atom. The molecule has 1 aliphatic rings. The highest BCUT2D eigenvalue weighted by atomic mass is 32.2. The first-order valence-electron chi connectivity index (χ1n) is 13.3. The number of hydrogen-bond acceptors (Lipinski definition) is 7. The van der Waals surface area contributed by atoms with E-state index < -0.39 is 0 Å². The van der Waals surface area contributed by atoms with E-state index >= 15 is 0 Å². The molecule has 0 saturated heterocycles. The molecule has 9 nitrogen and oxygen atoms in total. The van der Waals surface area contributed by atoms with E-state index in [9.17, 15) is 9.59 Å². The number of amides is 2. The average Bonchev–Trinajstić information content (AvgIpc) is 3.29. The van der Waals surface area contributed by atoms with Crippen molar-refractivity contribution in [1.82, 2.24) is 15.1 Å². The molecule has 3 aromatic rings. The monoisotopic (exact) mass is 566 g/mol. The van der Waals surface area contributed by atoms with Crippen molar-refractivity contribution in [3.63, 3.8) is 0 Å². The number of fused-ring (bicyclic) bond motifs is 1. The Morgan fingerprint density at radius 3 is 2.35 bits per heavy atom. The summed E-state index contributed by atoms with van der Waals surface area (Å²) in [4.78, 5) is 28.3. The molecular weight excluding hydrogens is 528 g/mol. The Bertz CT molecular complexity index is 1360. The molecule has 0 spiro atoms. The Morgan fingerprint density at radius 2 is 1.75 bits per heavy atom. The first-order chi connectivity index (χ1) is 19.1. The number of hydrogen-bond donors (Lipinski definition) is 1. The number of aromatic nitrogens is 2. The molecule has 1 aromatic heterocycles. The summed E-state index contributed by atoms with van der Waals surface area (Å²) in [5.74, 6) is 2.36. The summed E-state index contributed by atoms with van der Waals surface area (Å²) in [6.07, 6.45) is 0.806. The molecule has 2 amide bonds. The fourth-order valence-corrected chi connectivity index (χ4v) is 5.91. The fraction of sp³-hybridized carbons (Fsp3) is 0.433. The molecule has 0 unspecified atom stereocenters. The van der Waals surface area contributed by atoms with Crippen LogP contribution in [0.15, 0.2) is 42.5 Å². The Hall–Kier alpha value is -3.66. The van der Waals surface area contributed by atoms with Crippen LogP contribution >= 0.6 is 11.8 Å². The van der Waals surface area contributed by atoms with Crippen molar-refractivity contribution in [3.8, 4) is 22.9 Å². The standard InChI is InChI=1S/C30H38N4O5S/c1-8-15-31-24(35)17-33-25(36)18-40-27(19-9-14-22(38-6)23(16-19)39-7)26-28(30(2,3)4)32-34(29(26)33)20-10-12-21(37-5)13-11-20/h9-14,16,27H,8,15,17-18H2,1-7H3,(H,31,35)/t27-/m1/s1. The van der Waals surface area contributed by atoms with Gasteiger partial charge in [-0.25, -0.2) is 4.68 Å². The van der Waals surface area contributed by atoms with Crippen LogP contribution in [0.5, 0.6) is 17.2 Å². The molecule has 2 aromatic carbocycles. The molecule has 2 heterocycles. The summed E-state index contributed by atoms with van der Waals surface area (Å²) in [5, 5.41) is 7.79. The van der Waals surface area contributed by atoms with Crippen LogP contribution in [0.25, 0.3) is 5.69 Å². The van der Waals surface area contributed by atoms with Gasteiger partial charge in [-0.05, 0) is 48.4 Å². The maximum Gasteiger partial charge on any atom is 0.240 e. The highest BCUT2D eigenvalue weighted by molar-refractivity contribution is 8.00. The topological polar surface area (TPSA) is 94.9 Å². The third-order valence-electron chi connectivity index (χ3n) is 6.70. The van der Waals surface area contributed by atoms with E-state index in [1.54, 1.807) is 30.9 Å². The second kappa shape index (κ2) is 12.2. The van der Waals surface area contributed by atoms with E-state index in [2.05, 4.69) is 26.1 Å². The van der Waals surface area contributed by atoms with Crippen molar-refractivity contribution in [2.24, 2.45) is 0 Å². The van der Waals surface area contributed by atoms with Gasteiger partial charge < -0.3 is 19.5 Å². The van der Waals surface area contributed by atoms with Crippen molar-refractivity contribution >= 4 is 29.4 Å². The maximum atomic E-state index is 13.7. The van der Waals surface area contributed by atoms with Gasteiger partial charge in [0.15, 0.2) is 11.5 Å². The average molecular weight is 567 g/mol. The van der Waals surface area contributed by atoms with Crippen LogP contribution in [-0.2, 0) is 15.0 Å². The molecule has 40 heavy (non-hydrogen) atoms. The lowest BCUT2D eigenvalue weighted by molar-refractivity contribution is -0.122. The van der Waals surface area contributed by atoms with Crippen LogP contribution in [0.3, 0.4) is 0 Å². The normalized spacial score (nSPS) is 15.3. The number of methoxy groups -OCH3 is 3. The number of anilines is 1. The number of carbonyl (C=O) groups excluding carboxylic acids is 2. The first kappa shape index (κ1) is 29.3. The van der Waals surface area contributed by atoms with Gasteiger partial charge in [0.1, 0.15) is 18.1 Å². The Kier molecular flexibility index (Phi) is 8.98.